The van der Waals surface area contributed by atoms with Crippen LogP contribution in [0.4, 0.5) is 0 Å². The van der Waals surface area contributed by atoms with Gasteiger partial charge in [0.15, 0.2) is 0 Å². The standard InChI is InChI=1S/C11H18N2O4/c1-6-17-9(14)11(7-12,8(2)3)10(4,5)13(15)16/h8H,6H2,1-5H3. The molecule has 1 unspecified atom stereocenters. The van der Waals surface area contributed by atoms with Gasteiger partial charge in [-0.3, -0.25) is 14.9 Å². The first-order valence-electron chi connectivity index (χ1n) is 5.41. The van der Waals surface area contributed by atoms with Gasteiger partial charge in [0.1, 0.15) is 0 Å². The molecule has 0 aliphatic carbocycles. The molecule has 0 aromatic rings. The number of esters is 1. The van der Waals surface area contributed by atoms with E-state index in [1.54, 1.807) is 26.8 Å². The Labute approximate surface area is 101 Å². The SMILES string of the molecule is CCOC(=O)C(C#N)(C(C)C)C(C)(C)[N+](=O)[O-]. The van der Waals surface area contributed by atoms with E-state index < -0.39 is 27.8 Å². The fourth-order valence-corrected chi connectivity index (χ4v) is 1.89. The molecule has 6 heteroatoms. The third-order valence-electron chi connectivity index (χ3n) is 3.06. The van der Waals surface area contributed by atoms with Gasteiger partial charge in [0, 0.05) is 18.8 Å². The number of nitrogens with zero attached hydrogens (tertiary/aromatic N) is 2. The van der Waals surface area contributed by atoms with Crippen molar-refractivity contribution in [2.75, 3.05) is 6.61 Å². The average molecular weight is 242 g/mol. The molecule has 1 atom stereocenters. The van der Waals surface area contributed by atoms with Crippen LogP contribution in [0.5, 0.6) is 0 Å². The minimum Gasteiger partial charge on any atom is -0.465 e. The summed E-state index contributed by atoms with van der Waals surface area (Å²) < 4.78 is 4.83. The molecule has 0 radical (unpaired) electrons. The van der Waals surface area contributed by atoms with Crippen molar-refractivity contribution in [1.29, 1.82) is 5.26 Å². The highest BCUT2D eigenvalue weighted by molar-refractivity contribution is 5.82. The van der Waals surface area contributed by atoms with E-state index in [4.69, 9.17) is 4.74 Å². The maximum Gasteiger partial charge on any atom is 0.334 e. The largest absolute Gasteiger partial charge is 0.465 e. The molecule has 0 saturated carbocycles. The Morgan fingerprint density at radius 1 is 1.53 bits per heavy atom. The van der Waals surface area contributed by atoms with Gasteiger partial charge in [0.05, 0.1) is 12.7 Å². The molecule has 0 fully saturated rings. The van der Waals surface area contributed by atoms with Gasteiger partial charge in [-0.1, -0.05) is 13.8 Å². The van der Waals surface area contributed by atoms with Crippen LogP contribution < -0.4 is 0 Å². The number of carbonyl (C=O) groups excluding carboxylic acids is 1. The molecule has 0 heterocycles. The van der Waals surface area contributed by atoms with E-state index in [0.717, 1.165) is 0 Å². The first kappa shape index (κ1) is 15.4. The number of nitriles is 1. The molecular formula is C11H18N2O4. The van der Waals surface area contributed by atoms with Gasteiger partial charge in [0.25, 0.3) is 0 Å². The summed E-state index contributed by atoms with van der Waals surface area (Å²) in [6.07, 6.45) is 0. The zero-order valence-corrected chi connectivity index (χ0v) is 10.8. The fourth-order valence-electron chi connectivity index (χ4n) is 1.89. The van der Waals surface area contributed by atoms with E-state index in [-0.39, 0.29) is 6.61 Å². The Bertz CT molecular complexity index is 357. The summed E-state index contributed by atoms with van der Waals surface area (Å²) in [5, 5.41) is 20.4. The lowest BCUT2D eigenvalue weighted by molar-refractivity contribution is -0.577. The molecule has 0 aliphatic heterocycles. The van der Waals surface area contributed by atoms with Gasteiger partial charge in [-0.2, -0.15) is 5.26 Å². The molecule has 0 bridgehead atoms. The van der Waals surface area contributed by atoms with Gasteiger partial charge in [0.2, 0.25) is 11.0 Å². The predicted octanol–water partition coefficient (Wildman–Crippen LogP) is 1.77. The number of hydrogen-bond donors (Lipinski definition) is 0. The molecule has 17 heavy (non-hydrogen) atoms. The minimum atomic E-state index is -1.79. The van der Waals surface area contributed by atoms with Gasteiger partial charge < -0.3 is 4.74 Å². The van der Waals surface area contributed by atoms with Crippen LogP contribution in [-0.4, -0.2) is 23.0 Å². The highest BCUT2D eigenvalue weighted by atomic mass is 16.6. The maximum absolute atomic E-state index is 11.9. The number of rotatable bonds is 5. The van der Waals surface area contributed by atoms with Crippen molar-refractivity contribution in [1.82, 2.24) is 0 Å². The normalized spacial score (nSPS) is 14.9. The zero-order valence-electron chi connectivity index (χ0n) is 10.8. The number of nitro groups is 1. The van der Waals surface area contributed by atoms with E-state index in [2.05, 4.69) is 0 Å². The van der Waals surface area contributed by atoms with Crippen molar-refractivity contribution in [3.8, 4) is 6.07 Å². The summed E-state index contributed by atoms with van der Waals surface area (Å²) >= 11 is 0. The van der Waals surface area contributed by atoms with Crippen molar-refractivity contribution in [3.05, 3.63) is 10.1 Å². The van der Waals surface area contributed by atoms with E-state index in [0.29, 0.717) is 0 Å². The smallest absolute Gasteiger partial charge is 0.334 e. The van der Waals surface area contributed by atoms with E-state index in [1.807, 2.05) is 0 Å². The van der Waals surface area contributed by atoms with Crippen molar-refractivity contribution in [2.24, 2.45) is 11.3 Å². The molecule has 0 spiro atoms. The lowest BCUT2D eigenvalue weighted by Gasteiger charge is -2.35. The highest BCUT2D eigenvalue weighted by Crippen LogP contribution is 2.41. The molecule has 0 rings (SSSR count). The lowest BCUT2D eigenvalue weighted by atomic mass is 9.65. The molecule has 0 amide bonds. The molecule has 0 N–H and O–H groups in total. The highest BCUT2D eigenvalue weighted by Gasteiger charge is 2.63. The molecule has 0 aromatic carbocycles. The van der Waals surface area contributed by atoms with Gasteiger partial charge in [-0.05, 0) is 12.8 Å². The first-order valence-corrected chi connectivity index (χ1v) is 5.41. The summed E-state index contributed by atoms with van der Waals surface area (Å²) in [6, 6.07) is 1.80. The number of hydrogen-bond acceptors (Lipinski definition) is 5. The minimum absolute atomic E-state index is 0.0861. The van der Waals surface area contributed by atoms with Crippen molar-refractivity contribution in [2.45, 2.75) is 40.2 Å². The second kappa shape index (κ2) is 5.13. The van der Waals surface area contributed by atoms with Crippen molar-refractivity contribution in [3.63, 3.8) is 0 Å². The third-order valence-corrected chi connectivity index (χ3v) is 3.06. The lowest BCUT2D eigenvalue weighted by Crippen LogP contribution is -2.57. The zero-order chi connectivity index (χ0) is 13.9. The van der Waals surface area contributed by atoms with Gasteiger partial charge in [-0.15, -0.1) is 0 Å². The van der Waals surface area contributed by atoms with Crippen LogP contribution in [0.25, 0.3) is 0 Å². The molecule has 96 valence electrons. The van der Waals surface area contributed by atoms with Gasteiger partial charge >= 0.3 is 5.97 Å². The molecule has 0 saturated heterocycles. The Hall–Kier alpha value is -1.64. The van der Waals surface area contributed by atoms with Crippen LogP contribution in [0.15, 0.2) is 0 Å². The Morgan fingerprint density at radius 3 is 2.24 bits per heavy atom. The summed E-state index contributed by atoms with van der Waals surface area (Å²) in [6.45, 7) is 7.43. The predicted molar refractivity (Wildman–Crippen MR) is 60.6 cm³/mol. The van der Waals surface area contributed by atoms with Crippen molar-refractivity contribution >= 4 is 5.97 Å². The Kier molecular flexibility index (Phi) is 4.63. The fraction of sp³-hybridized carbons (Fsp3) is 0.818. The van der Waals surface area contributed by atoms with E-state index >= 15 is 0 Å². The van der Waals surface area contributed by atoms with Crippen LogP contribution in [0, 0.1) is 32.8 Å². The van der Waals surface area contributed by atoms with Gasteiger partial charge in [-0.25, -0.2) is 0 Å². The molecular weight excluding hydrogens is 224 g/mol. The van der Waals surface area contributed by atoms with E-state index in [9.17, 15) is 20.2 Å². The van der Waals surface area contributed by atoms with Crippen LogP contribution in [0.3, 0.4) is 0 Å². The Balaban J connectivity index is 5.80. The second-order valence-corrected chi connectivity index (χ2v) is 4.61. The van der Waals surface area contributed by atoms with Crippen LogP contribution in [0.1, 0.15) is 34.6 Å². The maximum atomic E-state index is 11.9. The molecule has 6 nitrogen and oxygen atoms in total. The summed E-state index contributed by atoms with van der Waals surface area (Å²) in [7, 11) is 0. The topological polar surface area (TPSA) is 93.2 Å². The average Bonchev–Trinajstić information content (AvgIpc) is 2.18. The second-order valence-electron chi connectivity index (χ2n) is 4.61. The summed E-state index contributed by atoms with van der Waals surface area (Å²) in [5.74, 6) is -1.36. The number of carbonyl (C=O) groups is 1. The number of ether oxygens (including phenoxy) is 1. The van der Waals surface area contributed by atoms with E-state index in [1.165, 1.54) is 13.8 Å². The van der Waals surface area contributed by atoms with Crippen molar-refractivity contribution < 1.29 is 14.5 Å². The van der Waals surface area contributed by atoms with Crippen LogP contribution in [0.2, 0.25) is 0 Å². The quantitative estimate of drug-likeness (QED) is 0.416. The Morgan fingerprint density at radius 2 is 2.00 bits per heavy atom. The molecule has 0 aromatic heterocycles. The van der Waals surface area contributed by atoms with Crippen LogP contribution in [-0.2, 0) is 9.53 Å². The summed E-state index contributed by atoms with van der Waals surface area (Å²) in [5.41, 5.74) is -3.49. The third kappa shape index (κ3) is 2.23. The van der Waals surface area contributed by atoms with Crippen LogP contribution >= 0.6 is 0 Å². The first-order chi connectivity index (χ1) is 7.68. The summed E-state index contributed by atoms with van der Waals surface area (Å²) in [4.78, 5) is 22.4. The molecule has 0 aliphatic rings. The monoisotopic (exact) mass is 242 g/mol.